The van der Waals surface area contributed by atoms with Gasteiger partial charge in [0.15, 0.2) is 0 Å². The minimum Gasteiger partial charge on any atom is -0.491 e. The maximum absolute atomic E-state index is 9.94. The monoisotopic (exact) mass is 389 g/mol. The van der Waals surface area contributed by atoms with Crippen molar-refractivity contribution in [1.29, 1.82) is 0 Å². The van der Waals surface area contributed by atoms with Gasteiger partial charge in [-0.2, -0.15) is 0 Å². The van der Waals surface area contributed by atoms with Gasteiger partial charge in [0, 0.05) is 11.0 Å². The molecule has 2 aromatic carbocycles. The maximum atomic E-state index is 9.94. The number of benzene rings is 2. The number of aliphatic hydroxyl groups is 1. The summed E-state index contributed by atoms with van der Waals surface area (Å²) in [6, 6.07) is 12.7. The van der Waals surface area contributed by atoms with Crippen LogP contribution in [0.25, 0.3) is 0 Å². The number of hydrogen-bond acceptors (Lipinski definition) is 3. The van der Waals surface area contributed by atoms with E-state index in [1.807, 2.05) is 24.3 Å². The zero-order chi connectivity index (χ0) is 15.2. The van der Waals surface area contributed by atoms with Crippen molar-refractivity contribution < 1.29 is 9.84 Å². The van der Waals surface area contributed by atoms with Crippen molar-refractivity contribution in [1.82, 2.24) is 0 Å². The van der Waals surface area contributed by atoms with Gasteiger partial charge >= 0.3 is 0 Å². The van der Waals surface area contributed by atoms with Gasteiger partial charge in [-0.05, 0) is 30.3 Å². The van der Waals surface area contributed by atoms with Crippen molar-refractivity contribution in [2.45, 2.75) is 6.10 Å². The summed E-state index contributed by atoms with van der Waals surface area (Å²) in [4.78, 5) is 0. The molecule has 0 aromatic heterocycles. The van der Waals surface area contributed by atoms with E-state index in [4.69, 9.17) is 27.9 Å². The molecule has 2 rings (SSSR count). The highest BCUT2D eigenvalue weighted by atomic mass is 79.9. The Morgan fingerprint density at radius 3 is 2.48 bits per heavy atom. The quantitative estimate of drug-likeness (QED) is 0.756. The van der Waals surface area contributed by atoms with Crippen molar-refractivity contribution in [2.24, 2.45) is 0 Å². The summed E-state index contributed by atoms with van der Waals surface area (Å²) in [6.07, 6.45) is -0.684. The molecule has 0 amide bonds. The van der Waals surface area contributed by atoms with Crippen molar-refractivity contribution >= 4 is 44.8 Å². The Labute approximate surface area is 142 Å². The van der Waals surface area contributed by atoms with Gasteiger partial charge in [-0.25, -0.2) is 0 Å². The molecule has 2 aromatic rings. The molecule has 2 N–H and O–H groups in total. The highest BCUT2D eigenvalue weighted by molar-refractivity contribution is 9.10. The molecule has 0 aliphatic heterocycles. The molecule has 0 saturated heterocycles. The lowest BCUT2D eigenvalue weighted by atomic mass is 10.3. The fourth-order valence-electron chi connectivity index (χ4n) is 1.69. The Morgan fingerprint density at radius 1 is 1.14 bits per heavy atom. The van der Waals surface area contributed by atoms with Gasteiger partial charge in [-0.15, -0.1) is 0 Å². The smallest absolute Gasteiger partial charge is 0.120 e. The summed E-state index contributed by atoms with van der Waals surface area (Å²) >= 11 is 15.4. The topological polar surface area (TPSA) is 41.5 Å². The van der Waals surface area contributed by atoms with Gasteiger partial charge < -0.3 is 15.2 Å². The fraction of sp³-hybridized carbons (Fsp3) is 0.200. The van der Waals surface area contributed by atoms with Crippen molar-refractivity contribution in [3.63, 3.8) is 0 Å². The Balaban J connectivity index is 1.84. The second-order valence-electron chi connectivity index (χ2n) is 4.40. The Bertz CT molecular complexity index is 590. The zero-order valence-electron chi connectivity index (χ0n) is 11.0. The van der Waals surface area contributed by atoms with Crippen LogP contribution in [0.2, 0.25) is 10.0 Å². The van der Waals surface area contributed by atoms with Crippen LogP contribution in [-0.2, 0) is 0 Å². The second kappa shape index (κ2) is 7.90. The number of para-hydroxylation sites is 1. The molecule has 1 unspecified atom stereocenters. The van der Waals surface area contributed by atoms with Crippen LogP contribution in [-0.4, -0.2) is 24.4 Å². The lowest BCUT2D eigenvalue weighted by Gasteiger charge is -2.15. The van der Waals surface area contributed by atoms with Crippen LogP contribution in [0.5, 0.6) is 5.75 Å². The first-order valence-electron chi connectivity index (χ1n) is 6.30. The van der Waals surface area contributed by atoms with Crippen molar-refractivity contribution in [3.8, 4) is 5.75 Å². The third kappa shape index (κ3) is 5.08. The van der Waals surface area contributed by atoms with E-state index in [1.54, 1.807) is 18.2 Å². The van der Waals surface area contributed by atoms with E-state index in [1.165, 1.54) is 0 Å². The lowest BCUT2D eigenvalue weighted by molar-refractivity contribution is 0.117. The Morgan fingerprint density at radius 2 is 1.81 bits per heavy atom. The average Bonchev–Trinajstić information content (AvgIpc) is 2.45. The summed E-state index contributed by atoms with van der Waals surface area (Å²) in [5.41, 5.74) is 0.613. The number of aliphatic hydroxyl groups excluding tert-OH is 1. The molecular formula is C15H14BrCl2NO2. The summed E-state index contributed by atoms with van der Waals surface area (Å²) in [5.74, 6) is 0.694. The molecule has 0 aliphatic carbocycles. The minimum absolute atomic E-state index is 0.172. The molecule has 112 valence electrons. The van der Waals surface area contributed by atoms with Crippen LogP contribution in [0.4, 0.5) is 5.69 Å². The van der Waals surface area contributed by atoms with Gasteiger partial charge in [0.25, 0.3) is 0 Å². The van der Waals surface area contributed by atoms with E-state index in [-0.39, 0.29) is 13.2 Å². The third-order valence-corrected chi connectivity index (χ3v) is 3.84. The molecule has 1 atom stereocenters. The first-order chi connectivity index (χ1) is 10.1. The molecule has 6 heteroatoms. The van der Waals surface area contributed by atoms with Crippen LogP contribution in [0.3, 0.4) is 0 Å². The van der Waals surface area contributed by atoms with Crippen molar-refractivity contribution in [3.05, 3.63) is 57.0 Å². The Kier molecular flexibility index (Phi) is 6.18. The van der Waals surface area contributed by atoms with Crippen LogP contribution in [0, 0.1) is 0 Å². The van der Waals surface area contributed by atoms with E-state index in [0.29, 0.717) is 21.5 Å². The third-order valence-electron chi connectivity index (χ3n) is 2.72. The average molecular weight is 391 g/mol. The number of hydrogen-bond donors (Lipinski definition) is 2. The number of ether oxygens (including phenoxy) is 1. The van der Waals surface area contributed by atoms with E-state index >= 15 is 0 Å². The van der Waals surface area contributed by atoms with Gasteiger partial charge in [0.2, 0.25) is 0 Å². The highest BCUT2D eigenvalue weighted by Gasteiger charge is 2.09. The van der Waals surface area contributed by atoms with Crippen LogP contribution >= 0.6 is 39.1 Å². The van der Waals surface area contributed by atoms with E-state index in [0.717, 1.165) is 4.47 Å². The number of nitrogens with one attached hydrogen (secondary N) is 1. The molecule has 0 heterocycles. The Hall–Kier alpha value is -0.940. The number of anilines is 1. The van der Waals surface area contributed by atoms with E-state index < -0.39 is 6.10 Å². The number of rotatable bonds is 6. The van der Waals surface area contributed by atoms with Crippen LogP contribution in [0.15, 0.2) is 46.9 Å². The van der Waals surface area contributed by atoms with Gasteiger partial charge in [-0.1, -0.05) is 51.3 Å². The molecule has 3 nitrogen and oxygen atoms in total. The predicted octanol–water partition coefficient (Wildman–Crippen LogP) is 4.61. The maximum Gasteiger partial charge on any atom is 0.120 e. The van der Waals surface area contributed by atoms with Crippen LogP contribution < -0.4 is 10.1 Å². The highest BCUT2D eigenvalue weighted by Crippen LogP contribution is 2.29. The molecule has 0 saturated carbocycles. The standard InChI is InChI=1S/C15H14BrCl2NO2/c16-10-3-1-4-12(7-10)21-9-11(20)8-19-15-13(17)5-2-6-14(15)18/h1-7,11,19-20H,8-9H2. The lowest BCUT2D eigenvalue weighted by Crippen LogP contribution is -2.26. The predicted molar refractivity (Wildman–Crippen MR) is 90.6 cm³/mol. The first-order valence-corrected chi connectivity index (χ1v) is 7.85. The molecule has 21 heavy (non-hydrogen) atoms. The summed E-state index contributed by atoms with van der Waals surface area (Å²) < 4.78 is 6.44. The molecular weight excluding hydrogens is 377 g/mol. The molecule has 0 fully saturated rings. The van der Waals surface area contributed by atoms with Gasteiger partial charge in [0.05, 0.1) is 15.7 Å². The van der Waals surface area contributed by atoms with E-state index in [9.17, 15) is 5.11 Å². The molecule has 0 spiro atoms. The number of halogens is 3. The summed E-state index contributed by atoms with van der Waals surface area (Å²) in [7, 11) is 0. The van der Waals surface area contributed by atoms with Gasteiger partial charge in [0.1, 0.15) is 18.5 Å². The summed E-state index contributed by atoms with van der Waals surface area (Å²) in [6.45, 7) is 0.461. The molecule has 0 bridgehead atoms. The fourth-order valence-corrected chi connectivity index (χ4v) is 2.60. The minimum atomic E-state index is -0.684. The van der Waals surface area contributed by atoms with E-state index in [2.05, 4.69) is 21.2 Å². The normalized spacial score (nSPS) is 12.0. The molecule has 0 aliphatic rings. The second-order valence-corrected chi connectivity index (χ2v) is 6.13. The summed E-state index contributed by atoms with van der Waals surface area (Å²) in [5, 5.41) is 14.0. The zero-order valence-corrected chi connectivity index (χ0v) is 14.1. The van der Waals surface area contributed by atoms with Crippen LogP contribution in [0.1, 0.15) is 0 Å². The largest absolute Gasteiger partial charge is 0.491 e. The molecule has 0 radical (unpaired) electrons. The van der Waals surface area contributed by atoms with Gasteiger partial charge in [-0.3, -0.25) is 0 Å². The SMILES string of the molecule is OC(CNc1c(Cl)cccc1Cl)COc1cccc(Br)c1. The first kappa shape index (κ1) is 16.4. The van der Waals surface area contributed by atoms with Crippen molar-refractivity contribution in [2.75, 3.05) is 18.5 Å².